The predicted molar refractivity (Wildman–Crippen MR) is 49.7 cm³/mol. The van der Waals surface area contributed by atoms with Gasteiger partial charge in [-0.2, -0.15) is 5.26 Å². The normalized spacial score (nSPS) is 15.6. The van der Waals surface area contributed by atoms with Crippen molar-refractivity contribution in [3.8, 4) is 6.07 Å². The summed E-state index contributed by atoms with van der Waals surface area (Å²) in [6.45, 7) is 0. The van der Waals surface area contributed by atoms with E-state index < -0.39 is 0 Å². The molecule has 0 unspecified atom stereocenters. The smallest absolute Gasteiger partial charge is 0.160 e. The van der Waals surface area contributed by atoms with Gasteiger partial charge in [-0.25, -0.2) is 0 Å². The van der Waals surface area contributed by atoms with Crippen LogP contribution in [0.1, 0.15) is 30.1 Å². The van der Waals surface area contributed by atoms with Gasteiger partial charge in [0.2, 0.25) is 0 Å². The van der Waals surface area contributed by atoms with Crippen LogP contribution in [0.5, 0.6) is 0 Å². The molecule has 2 aromatic heterocycles. The van der Waals surface area contributed by atoms with Crippen molar-refractivity contribution < 1.29 is 0 Å². The number of rotatable bonds is 1. The van der Waals surface area contributed by atoms with Crippen LogP contribution in [0.3, 0.4) is 0 Å². The van der Waals surface area contributed by atoms with Gasteiger partial charge in [-0.3, -0.25) is 4.40 Å². The number of aromatic nitrogens is 3. The van der Waals surface area contributed by atoms with Crippen LogP contribution in [0.2, 0.25) is 0 Å². The highest BCUT2D eigenvalue weighted by molar-refractivity contribution is 5.43. The molecule has 14 heavy (non-hydrogen) atoms. The first kappa shape index (κ1) is 7.51. The lowest BCUT2D eigenvalue weighted by Gasteiger charge is -1.96. The minimum absolute atomic E-state index is 0.555. The summed E-state index contributed by atoms with van der Waals surface area (Å²) in [5, 5.41) is 17.0. The van der Waals surface area contributed by atoms with Crippen LogP contribution in [-0.2, 0) is 0 Å². The van der Waals surface area contributed by atoms with Gasteiger partial charge in [0.05, 0.1) is 5.56 Å². The van der Waals surface area contributed by atoms with E-state index in [0.717, 1.165) is 11.5 Å². The number of nitriles is 1. The van der Waals surface area contributed by atoms with Crippen LogP contribution in [0.4, 0.5) is 0 Å². The molecule has 1 fully saturated rings. The summed E-state index contributed by atoms with van der Waals surface area (Å²) in [6.07, 6.45) is 4.19. The average Bonchev–Trinajstić information content (AvgIpc) is 2.98. The average molecular weight is 184 g/mol. The van der Waals surface area contributed by atoms with E-state index in [1.165, 1.54) is 12.8 Å². The van der Waals surface area contributed by atoms with E-state index in [1.54, 1.807) is 6.07 Å². The third kappa shape index (κ3) is 0.990. The second kappa shape index (κ2) is 2.55. The fourth-order valence-corrected chi connectivity index (χ4v) is 1.59. The molecule has 4 nitrogen and oxygen atoms in total. The Morgan fingerprint density at radius 3 is 2.93 bits per heavy atom. The standard InChI is InChI=1S/C10H8N4/c11-5-7-1-4-9-12-13-10(8-2-3-8)14(9)6-7/h1,4,6,8H,2-3H2. The van der Waals surface area contributed by atoms with E-state index in [2.05, 4.69) is 16.3 Å². The Morgan fingerprint density at radius 2 is 2.21 bits per heavy atom. The highest BCUT2D eigenvalue weighted by Crippen LogP contribution is 2.38. The van der Waals surface area contributed by atoms with Gasteiger partial charge in [-0.05, 0) is 25.0 Å². The Labute approximate surface area is 80.8 Å². The Morgan fingerprint density at radius 1 is 1.36 bits per heavy atom. The molecule has 0 amide bonds. The number of nitrogens with zero attached hydrogens (tertiary/aromatic N) is 4. The van der Waals surface area contributed by atoms with E-state index in [-0.39, 0.29) is 0 Å². The molecular weight excluding hydrogens is 176 g/mol. The Balaban J connectivity index is 2.27. The Hall–Kier alpha value is -1.89. The lowest BCUT2D eigenvalue weighted by Crippen LogP contribution is -1.92. The van der Waals surface area contributed by atoms with Gasteiger partial charge in [-0.1, -0.05) is 0 Å². The van der Waals surface area contributed by atoms with Gasteiger partial charge in [-0.15, -0.1) is 10.2 Å². The molecule has 68 valence electrons. The van der Waals surface area contributed by atoms with Gasteiger partial charge >= 0.3 is 0 Å². The fourth-order valence-electron chi connectivity index (χ4n) is 1.59. The zero-order valence-corrected chi connectivity index (χ0v) is 7.51. The summed E-state index contributed by atoms with van der Waals surface area (Å²) in [5.74, 6) is 1.55. The van der Waals surface area contributed by atoms with Crippen LogP contribution in [0, 0.1) is 11.3 Å². The van der Waals surface area contributed by atoms with E-state index in [1.807, 2.05) is 16.7 Å². The largest absolute Gasteiger partial charge is 0.285 e. The minimum Gasteiger partial charge on any atom is -0.285 e. The maximum Gasteiger partial charge on any atom is 0.160 e. The highest BCUT2D eigenvalue weighted by Gasteiger charge is 2.28. The molecule has 0 radical (unpaired) electrons. The summed E-state index contributed by atoms with van der Waals surface area (Å²) >= 11 is 0. The lowest BCUT2D eigenvalue weighted by molar-refractivity contribution is 0.896. The monoisotopic (exact) mass is 184 g/mol. The Bertz CT molecular complexity index is 531. The first-order valence-corrected chi connectivity index (χ1v) is 4.63. The molecule has 0 saturated heterocycles. The zero-order valence-electron chi connectivity index (χ0n) is 7.51. The summed E-state index contributed by atoms with van der Waals surface area (Å²) in [6, 6.07) is 5.71. The highest BCUT2D eigenvalue weighted by atomic mass is 15.2. The Kier molecular flexibility index (Phi) is 1.37. The van der Waals surface area contributed by atoms with Crippen LogP contribution < -0.4 is 0 Å². The third-order valence-electron chi connectivity index (χ3n) is 2.50. The zero-order chi connectivity index (χ0) is 9.54. The SMILES string of the molecule is N#Cc1ccc2nnc(C3CC3)n2c1. The summed E-state index contributed by atoms with van der Waals surface area (Å²) in [4.78, 5) is 0. The number of hydrogen-bond donors (Lipinski definition) is 0. The van der Waals surface area contributed by atoms with Crippen molar-refractivity contribution in [2.24, 2.45) is 0 Å². The minimum atomic E-state index is 0.555. The molecule has 4 heteroatoms. The second-order valence-electron chi connectivity index (χ2n) is 3.59. The van der Waals surface area contributed by atoms with E-state index in [0.29, 0.717) is 11.5 Å². The third-order valence-corrected chi connectivity index (χ3v) is 2.50. The van der Waals surface area contributed by atoms with Crippen LogP contribution in [0.15, 0.2) is 18.3 Å². The van der Waals surface area contributed by atoms with E-state index in [9.17, 15) is 0 Å². The van der Waals surface area contributed by atoms with E-state index in [4.69, 9.17) is 5.26 Å². The molecule has 1 aliphatic rings. The maximum absolute atomic E-state index is 8.78. The molecule has 3 rings (SSSR count). The van der Waals surface area contributed by atoms with Crippen molar-refractivity contribution in [3.05, 3.63) is 29.7 Å². The summed E-state index contributed by atoms with van der Waals surface area (Å²) in [7, 11) is 0. The molecule has 0 aromatic carbocycles. The fraction of sp³-hybridized carbons (Fsp3) is 0.300. The van der Waals surface area contributed by atoms with Gasteiger partial charge < -0.3 is 0 Å². The first-order chi connectivity index (χ1) is 6.88. The van der Waals surface area contributed by atoms with Crippen molar-refractivity contribution in [2.45, 2.75) is 18.8 Å². The van der Waals surface area contributed by atoms with Gasteiger partial charge in [0, 0.05) is 12.1 Å². The molecule has 1 saturated carbocycles. The predicted octanol–water partition coefficient (Wildman–Crippen LogP) is 1.48. The first-order valence-electron chi connectivity index (χ1n) is 4.63. The molecule has 0 spiro atoms. The lowest BCUT2D eigenvalue weighted by atomic mass is 10.3. The topological polar surface area (TPSA) is 54.0 Å². The molecule has 0 bridgehead atoms. The van der Waals surface area contributed by atoms with Crippen LogP contribution in [-0.4, -0.2) is 14.6 Å². The molecule has 2 heterocycles. The van der Waals surface area contributed by atoms with Crippen LogP contribution in [0.25, 0.3) is 5.65 Å². The van der Waals surface area contributed by atoms with Crippen LogP contribution >= 0.6 is 0 Å². The maximum atomic E-state index is 8.78. The van der Waals surface area contributed by atoms with E-state index >= 15 is 0 Å². The summed E-state index contributed by atoms with van der Waals surface area (Å²) in [5.41, 5.74) is 1.48. The van der Waals surface area contributed by atoms with Gasteiger partial charge in [0.1, 0.15) is 11.9 Å². The summed E-state index contributed by atoms with van der Waals surface area (Å²) < 4.78 is 1.93. The van der Waals surface area contributed by atoms with Crippen molar-refractivity contribution in [3.63, 3.8) is 0 Å². The second-order valence-corrected chi connectivity index (χ2v) is 3.59. The number of pyridine rings is 1. The van der Waals surface area contributed by atoms with Crippen molar-refractivity contribution >= 4 is 5.65 Å². The molecule has 0 N–H and O–H groups in total. The number of fused-ring (bicyclic) bond motifs is 1. The molecular formula is C10H8N4. The van der Waals surface area contributed by atoms with Gasteiger partial charge in [0.15, 0.2) is 5.65 Å². The van der Waals surface area contributed by atoms with Crippen molar-refractivity contribution in [1.29, 1.82) is 5.26 Å². The van der Waals surface area contributed by atoms with Gasteiger partial charge in [0.25, 0.3) is 0 Å². The number of hydrogen-bond acceptors (Lipinski definition) is 3. The molecule has 1 aliphatic carbocycles. The van der Waals surface area contributed by atoms with Crippen molar-refractivity contribution in [1.82, 2.24) is 14.6 Å². The van der Waals surface area contributed by atoms with Crippen molar-refractivity contribution in [2.75, 3.05) is 0 Å². The molecule has 0 atom stereocenters. The molecule has 0 aliphatic heterocycles. The quantitative estimate of drug-likeness (QED) is 0.674. The molecule has 2 aromatic rings.